The molecule has 1 aromatic heterocycles. The summed E-state index contributed by atoms with van der Waals surface area (Å²) < 4.78 is 0. The van der Waals surface area contributed by atoms with Gasteiger partial charge in [-0.15, -0.1) is 0 Å². The smallest absolute Gasteiger partial charge is 0.0458 e. The van der Waals surface area contributed by atoms with Gasteiger partial charge in [0.1, 0.15) is 0 Å². The van der Waals surface area contributed by atoms with E-state index in [0.29, 0.717) is 0 Å². The van der Waals surface area contributed by atoms with Crippen LogP contribution in [0.25, 0.3) is 24.3 Å². The van der Waals surface area contributed by atoms with Crippen molar-refractivity contribution in [1.82, 2.24) is 4.98 Å². The molecule has 0 fully saturated rings. The maximum absolute atomic E-state index is 3.79. The number of aromatic nitrogens is 1. The van der Waals surface area contributed by atoms with Gasteiger partial charge in [-0.25, -0.2) is 0 Å². The predicted octanol–water partition coefficient (Wildman–Crippen LogP) is 3.95. The SMILES string of the molecule is C=Cc1[nH]c(=C/C)/c(=C\C)c1C=C.CC.CC. The fourth-order valence-corrected chi connectivity index (χ4v) is 1.49. The van der Waals surface area contributed by atoms with E-state index in [1.165, 1.54) is 5.22 Å². The Morgan fingerprint density at radius 1 is 0.882 bits per heavy atom. The molecule has 0 aliphatic rings. The van der Waals surface area contributed by atoms with Crippen molar-refractivity contribution >= 4 is 24.3 Å². The molecule has 0 saturated carbocycles. The van der Waals surface area contributed by atoms with Crippen LogP contribution in [-0.2, 0) is 0 Å². The highest BCUT2D eigenvalue weighted by atomic mass is 14.7. The largest absolute Gasteiger partial charge is 0.355 e. The number of nitrogens with one attached hydrogen (secondary N) is 1. The second-order valence-electron chi connectivity index (χ2n) is 2.77. The van der Waals surface area contributed by atoms with E-state index in [1.807, 2.05) is 53.7 Å². The Labute approximate surface area is 106 Å². The van der Waals surface area contributed by atoms with Gasteiger partial charge in [-0.05, 0) is 19.9 Å². The van der Waals surface area contributed by atoms with Gasteiger partial charge in [-0.3, -0.25) is 0 Å². The van der Waals surface area contributed by atoms with Gasteiger partial charge < -0.3 is 4.98 Å². The molecular formula is C16H27N. The molecule has 0 unspecified atom stereocenters. The third-order valence-electron chi connectivity index (χ3n) is 2.13. The van der Waals surface area contributed by atoms with Gasteiger partial charge >= 0.3 is 0 Å². The minimum atomic E-state index is 1.04. The lowest BCUT2D eigenvalue weighted by atomic mass is 10.2. The summed E-state index contributed by atoms with van der Waals surface area (Å²) in [6.07, 6.45) is 7.80. The summed E-state index contributed by atoms with van der Waals surface area (Å²) in [7, 11) is 0. The molecule has 1 N–H and O–H groups in total. The Bertz CT molecular complexity index is 433. The lowest BCUT2D eigenvalue weighted by molar-refractivity contribution is 1.29. The zero-order valence-corrected chi connectivity index (χ0v) is 12.2. The normalized spacial score (nSPS) is 10.9. The molecule has 1 nitrogen and oxygen atoms in total. The molecule has 0 amide bonds. The summed E-state index contributed by atoms with van der Waals surface area (Å²) in [5, 5.41) is 2.33. The number of hydrogen-bond acceptors (Lipinski definition) is 0. The first-order chi connectivity index (χ1) is 8.28. The van der Waals surface area contributed by atoms with Crippen molar-refractivity contribution in [2.24, 2.45) is 0 Å². The fraction of sp³-hybridized carbons (Fsp3) is 0.375. The van der Waals surface area contributed by atoms with Gasteiger partial charge in [-0.1, -0.05) is 59.1 Å². The van der Waals surface area contributed by atoms with Crippen LogP contribution in [0, 0.1) is 0 Å². The van der Waals surface area contributed by atoms with Crippen LogP contribution >= 0.6 is 0 Å². The van der Waals surface area contributed by atoms with Crippen molar-refractivity contribution in [2.75, 3.05) is 0 Å². The van der Waals surface area contributed by atoms with Crippen LogP contribution in [-0.4, -0.2) is 4.98 Å². The van der Waals surface area contributed by atoms with Crippen molar-refractivity contribution in [3.8, 4) is 0 Å². The van der Waals surface area contributed by atoms with Crippen LogP contribution in [0.15, 0.2) is 13.2 Å². The van der Waals surface area contributed by atoms with Crippen molar-refractivity contribution in [2.45, 2.75) is 41.5 Å². The minimum Gasteiger partial charge on any atom is -0.355 e. The van der Waals surface area contributed by atoms with Gasteiger partial charge in [0.2, 0.25) is 0 Å². The molecule has 1 heterocycles. The highest BCUT2D eigenvalue weighted by Crippen LogP contribution is 2.01. The molecule has 0 aliphatic heterocycles. The fourth-order valence-electron chi connectivity index (χ4n) is 1.49. The lowest BCUT2D eigenvalue weighted by Crippen LogP contribution is -2.22. The van der Waals surface area contributed by atoms with Crippen LogP contribution in [0.2, 0.25) is 0 Å². The Hall–Kier alpha value is -1.50. The molecule has 96 valence electrons. The monoisotopic (exact) mass is 233 g/mol. The molecule has 0 radical (unpaired) electrons. The average molecular weight is 233 g/mol. The summed E-state index contributed by atoms with van der Waals surface area (Å²) >= 11 is 0. The predicted molar refractivity (Wildman–Crippen MR) is 83.2 cm³/mol. The highest BCUT2D eigenvalue weighted by molar-refractivity contribution is 5.63. The summed E-state index contributed by atoms with van der Waals surface area (Å²) in [6.45, 7) is 19.6. The highest BCUT2D eigenvalue weighted by Gasteiger charge is 2.00. The van der Waals surface area contributed by atoms with Gasteiger partial charge in [0, 0.05) is 21.8 Å². The van der Waals surface area contributed by atoms with E-state index in [1.54, 1.807) is 0 Å². The maximum atomic E-state index is 3.79. The van der Waals surface area contributed by atoms with Crippen LogP contribution in [0.3, 0.4) is 0 Å². The first-order valence-corrected chi connectivity index (χ1v) is 6.38. The zero-order chi connectivity index (χ0) is 13.8. The van der Waals surface area contributed by atoms with Crippen LogP contribution < -0.4 is 10.6 Å². The Morgan fingerprint density at radius 3 is 1.71 bits per heavy atom. The second-order valence-corrected chi connectivity index (χ2v) is 2.77. The maximum Gasteiger partial charge on any atom is 0.0458 e. The molecule has 0 spiro atoms. The van der Waals surface area contributed by atoms with E-state index in [0.717, 1.165) is 16.6 Å². The van der Waals surface area contributed by atoms with E-state index in [-0.39, 0.29) is 0 Å². The minimum absolute atomic E-state index is 1.04. The van der Waals surface area contributed by atoms with Crippen LogP contribution in [0.4, 0.5) is 0 Å². The first kappa shape index (κ1) is 17.9. The summed E-state index contributed by atoms with van der Waals surface area (Å²) in [6, 6.07) is 0. The standard InChI is InChI=1S/C12H15N.2C2H6/c1-5-9-10(6-2)12(8-4)13-11(9)7-3;2*1-2/h5-8,13H,1,3H2,2,4H3;2*1-2H3/b10-6-,12-8+;;. The van der Waals surface area contributed by atoms with E-state index in [4.69, 9.17) is 0 Å². The number of rotatable bonds is 2. The van der Waals surface area contributed by atoms with Gasteiger partial charge in [0.25, 0.3) is 0 Å². The molecule has 1 aromatic rings. The molecular weight excluding hydrogens is 206 g/mol. The molecule has 1 rings (SSSR count). The van der Waals surface area contributed by atoms with Gasteiger partial charge in [-0.2, -0.15) is 0 Å². The molecule has 0 aliphatic carbocycles. The molecule has 0 saturated heterocycles. The van der Waals surface area contributed by atoms with E-state index < -0.39 is 0 Å². The van der Waals surface area contributed by atoms with Gasteiger partial charge in [0.15, 0.2) is 0 Å². The molecule has 17 heavy (non-hydrogen) atoms. The van der Waals surface area contributed by atoms with Gasteiger partial charge in [0.05, 0.1) is 0 Å². The first-order valence-electron chi connectivity index (χ1n) is 6.38. The van der Waals surface area contributed by atoms with Crippen LogP contribution in [0.5, 0.6) is 0 Å². The summed E-state index contributed by atoms with van der Waals surface area (Å²) in [4.78, 5) is 3.28. The molecule has 0 atom stereocenters. The summed E-state index contributed by atoms with van der Waals surface area (Å²) in [5.74, 6) is 0. The summed E-state index contributed by atoms with van der Waals surface area (Å²) in [5.41, 5.74) is 2.17. The lowest BCUT2D eigenvalue weighted by Gasteiger charge is -1.88. The van der Waals surface area contributed by atoms with Crippen molar-refractivity contribution in [3.05, 3.63) is 35.0 Å². The van der Waals surface area contributed by atoms with E-state index in [9.17, 15) is 0 Å². The van der Waals surface area contributed by atoms with E-state index >= 15 is 0 Å². The van der Waals surface area contributed by atoms with E-state index in [2.05, 4.69) is 30.3 Å². The third kappa shape index (κ3) is 4.48. The second kappa shape index (κ2) is 11.0. The van der Waals surface area contributed by atoms with Crippen molar-refractivity contribution in [3.63, 3.8) is 0 Å². The molecule has 0 bridgehead atoms. The Kier molecular flexibility index (Phi) is 11.6. The number of H-pyrrole nitrogens is 1. The Balaban J connectivity index is 0. The number of hydrogen-bond donors (Lipinski definition) is 1. The number of aromatic amines is 1. The van der Waals surface area contributed by atoms with Crippen molar-refractivity contribution in [1.29, 1.82) is 0 Å². The topological polar surface area (TPSA) is 15.8 Å². The third-order valence-corrected chi connectivity index (χ3v) is 2.13. The average Bonchev–Trinajstić information content (AvgIpc) is 2.79. The van der Waals surface area contributed by atoms with Crippen molar-refractivity contribution < 1.29 is 0 Å². The quantitative estimate of drug-likeness (QED) is 0.796. The molecule has 0 aromatic carbocycles. The van der Waals surface area contributed by atoms with Crippen LogP contribution in [0.1, 0.15) is 52.8 Å². The molecule has 1 heteroatoms. The zero-order valence-electron chi connectivity index (χ0n) is 12.2. The Morgan fingerprint density at radius 2 is 1.41 bits per heavy atom.